The predicted octanol–water partition coefficient (Wildman–Crippen LogP) is -0.186. The molecular formula is C10H18N4O2. The van der Waals surface area contributed by atoms with Gasteiger partial charge in [0.25, 0.3) is 5.91 Å². The maximum Gasteiger partial charge on any atom is 0.256 e. The number of carbonyl (C=O) groups excluding carboxylic acids is 1. The Morgan fingerprint density at radius 3 is 2.81 bits per heavy atom. The van der Waals surface area contributed by atoms with Gasteiger partial charge in [0.1, 0.15) is 11.7 Å². The Bertz CT molecular complexity index is 386. The van der Waals surface area contributed by atoms with Crippen molar-refractivity contribution in [3.8, 4) is 5.88 Å². The zero-order chi connectivity index (χ0) is 12.3. The molecule has 16 heavy (non-hydrogen) atoms. The molecule has 0 aromatic carbocycles. The molecule has 1 atom stereocenters. The minimum atomic E-state index is -0.516. The average molecular weight is 226 g/mol. The second-order valence-electron chi connectivity index (χ2n) is 3.74. The zero-order valence-electron chi connectivity index (χ0n) is 10.1. The Kier molecular flexibility index (Phi) is 3.89. The van der Waals surface area contributed by atoms with Gasteiger partial charge in [-0.2, -0.15) is 5.10 Å². The molecular weight excluding hydrogens is 208 g/mol. The summed E-state index contributed by atoms with van der Waals surface area (Å²) in [5.41, 5.74) is 6.23. The van der Waals surface area contributed by atoms with E-state index in [4.69, 9.17) is 10.5 Å². The van der Waals surface area contributed by atoms with Gasteiger partial charge in [0.05, 0.1) is 5.69 Å². The van der Waals surface area contributed by atoms with Crippen LogP contribution in [0.4, 0.5) is 0 Å². The average Bonchev–Trinajstić information content (AvgIpc) is 2.41. The maximum absolute atomic E-state index is 11.3. The minimum absolute atomic E-state index is 0.0575. The number of aryl methyl sites for hydroxylation is 2. The number of hydrogen-bond acceptors (Lipinski definition) is 4. The van der Waals surface area contributed by atoms with Crippen LogP contribution < -0.4 is 15.8 Å². The van der Waals surface area contributed by atoms with Crippen LogP contribution in [0.1, 0.15) is 23.0 Å². The molecule has 0 aliphatic heterocycles. The molecule has 1 rings (SSSR count). The van der Waals surface area contributed by atoms with E-state index in [1.54, 1.807) is 14.0 Å². The highest BCUT2D eigenvalue weighted by Crippen LogP contribution is 2.21. The molecule has 1 heterocycles. The van der Waals surface area contributed by atoms with E-state index < -0.39 is 5.91 Å². The van der Waals surface area contributed by atoms with Crippen LogP contribution in [0.25, 0.3) is 0 Å². The van der Waals surface area contributed by atoms with Crippen molar-refractivity contribution in [1.29, 1.82) is 0 Å². The smallest absolute Gasteiger partial charge is 0.256 e. The molecule has 6 nitrogen and oxygen atoms in total. The van der Waals surface area contributed by atoms with E-state index in [-0.39, 0.29) is 6.10 Å². The molecule has 0 aliphatic rings. The van der Waals surface area contributed by atoms with E-state index in [0.29, 0.717) is 23.7 Å². The van der Waals surface area contributed by atoms with Crippen molar-refractivity contribution in [2.75, 3.05) is 13.6 Å². The van der Waals surface area contributed by atoms with Crippen molar-refractivity contribution >= 4 is 5.91 Å². The second kappa shape index (κ2) is 4.98. The van der Waals surface area contributed by atoms with Gasteiger partial charge in [0.15, 0.2) is 0 Å². The Morgan fingerprint density at radius 1 is 1.69 bits per heavy atom. The summed E-state index contributed by atoms with van der Waals surface area (Å²) in [7, 11) is 3.56. The van der Waals surface area contributed by atoms with Crippen molar-refractivity contribution in [2.24, 2.45) is 12.8 Å². The van der Waals surface area contributed by atoms with E-state index in [9.17, 15) is 4.79 Å². The largest absolute Gasteiger partial charge is 0.473 e. The first-order valence-electron chi connectivity index (χ1n) is 5.12. The second-order valence-corrected chi connectivity index (χ2v) is 3.74. The van der Waals surface area contributed by atoms with Gasteiger partial charge in [-0.15, -0.1) is 0 Å². The van der Waals surface area contributed by atoms with Crippen LogP contribution in [0.5, 0.6) is 5.88 Å². The summed E-state index contributed by atoms with van der Waals surface area (Å²) in [6.07, 6.45) is -0.0575. The van der Waals surface area contributed by atoms with E-state index in [1.807, 2.05) is 14.0 Å². The summed E-state index contributed by atoms with van der Waals surface area (Å²) in [6.45, 7) is 4.32. The molecule has 90 valence electrons. The Morgan fingerprint density at radius 2 is 2.31 bits per heavy atom. The predicted molar refractivity (Wildman–Crippen MR) is 60.5 cm³/mol. The van der Waals surface area contributed by atoms with Gasteiger partial charge in [0.2, 0.25) is 5.88 Å². The number of rotatable bonds is 5. The fraction of sp³-hybridized carbons (Fsp3) is 0.600. The minimum Gasteiger partial charge on any atom is -0.473 e. The number of ether oxygens (including phenoxy) is 1. The lowest BCUT2D eigenvalue weighted by Gasteiger charge is -2.14. The molecule has 0 radical (unpaired) electrons. The molecule has 1 aromatic heterocycles. The van der Waals surface area contributed by atoms with Gasteiger partial charge in [-0.3, -0.25) is 4.79 Å². The highest BCUT2D eigenvalue weighted by atomic mass is 16.5. The molecule has 6 heteroatoms. The molecule has 3 N–H and O–H groups in total. The Hall–Kier alpha value is -1.56. The van der Waals surface area contributed by atoms with Crippen molar-refractivity contribution in [2.45, 2.75) is 20.0 Å². The van der Waals surface area contributed by atoms with Gasteiger partial charge >= 0.3 is 0 Å². The highest BCUT2D eigenvalue weighted by molar-refractivity contribution is 5.96. The van der Waals surface area contributed by atoms with Crippen LogP contribution in [-0.2, 0) is 7.05 Å². The number of nitrogens with two attached hydrogens (primary N) is 1. The zero-order valence-corrected chi connectivity index (χ0v) is 10.1. The fourth-order valence-corrected chi connectivity index (χ4v) is 1.58. The normalized spacial score (nSPS) is 12.5. The third-order valence-corrected chi connectivity index (χ3v) is 2.22. The van der Waals surface area contributed by atoms with Crippen molar-refractivity contribution < 1.29 is 9.53 Å². The number of amides is 1. The van der Waals surface area contributed by atoms with Crippen LogP contribution in [0.15, 0.2) is 0 Å². The number of hydrogen-bond donors (Lipinski definition) is 2. The lowest BCUT2D eigenvalue weighted by Crippen LogP contribution is -2.27. The van der Waals surface area contributed by atoms with Gasteiger partial charge in [-0.05, 0) is 20.9 Å². The molecule has 1 aromatic rings. The molecule has 0 saturated carbocycles. The summed E-state index contributed by atoms with van der Waals surface area (Å²) in [4.78, 5) is 11.3. The van der Waals surface area contributed by atoms with Crippen LogP contribution in [0.3, 0.4) is 0 Å². The summed E-state index contributed by atoms with van der Waals surface area (Å²) >= 11 is 0. The molecule has 0 saturated heterocycles. The van der Waals surface area contributed by atoms with E-state index in [1.165, 1.54) is 4.68 Å². The number of nitrogens with one attached hydrogen (secondary N) is 1. The number of nitrogens with zero attached hydrogens (tertiary/aromatic N) is 2. The monoisotopic (exact) mass is 226 g/mol. The summed E-state index contributed by atoms with van der Waals surface area (Å²) in [6, 6.07) is 0. The van der Waals surface area contributed by atoms with Gasteiger partial charge < -0.3 is 15.8 Å². The topological polar surface area (TPSA) is 82.2 Å². The molecule has 0 fully saturated rings. The van der Waals surface area contributed by atoms with E-state index >= 15 is 0 Å². The van der Waals surface area contributed by atoms with Crippen molar-refractivity contribution in [3.05, 3.63) is 11.3 Å². The van der Waals surface area contributed by atoms with Gasteiger partial charge in [-0.1, -0.05) is 0 Å². The van der Waals surface area contributed by atoms with Gasteiger partial charge in [0, 0.05) is 13.6 Å². The lowest BCUT2D eigenvalue weighted by molar-refractivity contribution is 0.0992. The first-order chi connectivity index (χ1) is 7.47. The molecule has 1 amide bonds. The lowest BCUT2D eigenvalue weighted by atomic mass is 10.2. The van der Waals surface area contributed by atoms with Gasteiger partial charge in [-0.25, -0.2) is 4.68 Å². The van der Waals surface area contributed by atoms with Crippen molar-refractivity contribution in [3.63, 3.8) is 0 Å². The number of primary amides is 1. The first kappa shape index (κ1) is 12.5. The molecule has 1 unspecified atom stereocenters. The number of aromatic nitrogens is 2. The molecule has 0 aliphatic carbocycles. The summed E-state index contributed by atoms with van der Waals surface area (Å²) in [5, 5.41) is 7.11. The van der Waals surface area contributed by atoms with Crippen LogP contribution in [-0.4, -0.2) is 35.4 Å². The molecule has 0 bridgehead atoms. The third kappa shape index (κ3) is 2.52. The van der Waals surface area contributed by atoms with Crippen molar-refractivity contribution in [1.82, 2.24) is 15.1 Å². The molecule has 0 spiro atoms. The highest BCUT2D eigenvalue weighted by Gasteiger charge is 2.20. The van der Waals surface area contributed by atoms with Crippen LogP contribution in [0, 0.1) is 6.92 Å². The van der Waals surface area contributed by atoms with E-state index in [0.717, 1.165) is 0 Å². The number of likely N-dealkylation sites (N-methyl/N-ethyl adjacent to an activating group) is 1. The third-order valence-electron chi connectivity index (χ3n) is 2.22. The maximum atomic E-state index is 11.3. The Balaban J connectivity index is 2.98. The quantitative estimate of drug-likeness (QED) is 0.729. The van der Waals surface area contributed by atoms with Crippen LogP contribution in [0.2, 0.25) is 0 Å². The first-order valence-corrected chi connectivity index (χ1v) is 5.12. The van der Waals surface area contributed by atoms with E-state index in [2.05, 4.69) is 10.4 Å². The standard InChI is InChI=1S/C10H18N4O2/c1-6(5-12-3)16-10-8(9(11)15)7(2)13-14(10)4/h6,12H,5H2,1-4H3,(H2,11,15). The number of carbonyl (C=O) groups is 1. The Labute approximate surface area is 94.8 Å². The van der Waals surface area contributed by atoms with Crippen LogP contribution >= 0.6 is 0 Å². The fourth-order valence-electron chi connectivity index (χ4n) is 1.58. The summed E-state index contributed by atoms with van der Waals surface area (Å²) < 4.78 is 7.17. The summed E-state index contributed by atoms with van der Waals surface area (Å²) in [5.74, 6) is -0.0926. The SMILES string of the molecule is CNCC(C)Oc1c(C(N)=O)c(C)nn1C.